The molecular weight excluding hydrogens is 400 g/mol. The molecule has 0 aliphatic rings. The maximum Gasteiger partial charge on any atom is 0.279 e. The summed E-state index contributed by atoms with van der Waals surface area (Å²) < 4.78 is 28.3. The lowest BCUT2D eigenvalue weighted by atomic mass is 10.3. The molecule has 1 aromatic heterocycles. The van der Waals surface area contributed by atoms with Gasteiger partial charge in [-0.05, 0) is 44.0 Å². The number of aromatic amines is 1. The zero-order valence-corrected chi connectivity index (χ0v) is 13.5. The number of halogens is 2. The molecule has 1 heterocycles. The normalized spacial score (nSPS) is 11.5. The van der Waals surface area contributed by atoms with Crippen LogP contribution >= 0.6 is 31.9 Å². The first-order chi connectivity index (χ1) is 8.95. The second-order valence-corrected chi connectivity index (χ2v) is 6.96. The monoisotopic (exact) mass is 408 g/mol. The van der Waals surface area contributed by atoms with Crippen molar-refractivity contribution in [2.45, 2.75) is 11.6 Å². The van der Waals surface area contributed by atoms with E-state index in [1.807, 2.05) is 0 Å². The van der Waals surface area contributed by atoms with E-state index >= 15 is 0 Å². The number of anilines is 1. The minimum absolute atomic E-state index is 0.0300. The van der Waals surface area contributed by atoms with Crippen LogP contribution in [0.5, 0.6) is 0 Å². The number of H-pyrrole nitrogens is 1. The summed E-state index contributed by atoms with van der Waals surface area (Å²) in [6.45, 7) is 0.0872. The lowest BCUT2D eigenvalue weighted by molar-refractivity contribution is 0.595. The summed E-state index contributed by atoms with van der Waals surface area (Å²) in [6, 6.07) is 5.26. The average Bonchev–Trinajstić information content (AvgIpc) is 2.83. The van der Waals surface area contributed by atoms with Crippen molar-refractivity contribution in [1.29, 1.82) is 0 Å². The highest BCUT2D eigenvalue weighted by Crippen LogP contribution is 2.32. The number of sulfonamides is 1. The minimum atomic E-state index is -3.77. The van der Waals surface area contributed by atoms with Crippen LogP contribution in [0.25, 0.3) is 0 Å². The number of rotatable bonds is 4. The lowest BCUT2D eigenvalue weighted by Gasteiger charge is -2.11. The van der Waals surface area contributed by atoms with Crippen LogP contribution in [0.1, 0.15) is 5.56 Å². The van der Waals surface area contributed by atoms with E-state index in [1.165, 1.54) is 6.20 Å². The van der Waals surface area contributed by atoms with E-state index in [0.29, 0.717) is 20.2 Å². The Morgan fingerprint density at radius 3 is 2.53 bits per heavy atom. The van der Waals surface area contributed by atoms with Crippen molar-refractivity contribution < 1.29 is 8.42 Å². The summed E-state index contributed by atoms with van der Waals surface area (Å²) in [6.07, 6.45) is 1.39. The summed E-state index contributed by atoms with van der Waals surface area (Å²) in [4.78, 5) is 0. The van der Waals surface area contributed by atoms with Crippen LogP contribution in [0.2, 0.25) is 0 Å². The third-order valence-corrected chi connectivity index (χ3v) is 5.05. The number of nitrogens with one attached hydrogen (secondary N) is 2. The maximum absolute atomic E-state index is 12.3. The number of para-hydroxylation sites is 1. The van der Waals surface area contributed by atoms with Gasteiger partial charge in [0.05, 0.1) is 11.9 Å². The van der Waals surface area contributed by atoms with Crippen molar-refractivity contribution in [3.8, 4) is 0 Å². The molecule has 0 aliphatic heterocycles. The molecule has 0 fully saturated rings. The van der Waals surface area contributed by atoms with Crippen molar-refractivity contribution in [2.24, 2.45) is 5.73 Å². The highest BCUT2D eigenvalue weighted by Gasteiger charge is 2.22. The average molecular weight is 410 g/mol. The van der Waals surface area contributed by atoms with Crippen molar-refractivity contribution in [1.82, 2.24) is 10.2 Å². The number of hydrogen-bond acceptors (Lipinski definition) is 4. The largest absolute Gasteiger partial charge is 0.326 e. The zero-order chi connectivity index (χ0) is 14.0. The van der Waals surface area contributed by atoms with Gasteiger partial charge in [-0.3, -0.25) is 9.82 Å². The predicted octanol–water partition coefficient (Wildman–Crippen LogP) is 2.19. The molecule has 0 radical (unpaired) electrons. The molecule has 0 amide bonds. The summed E-state index contributed by atoms with van der Waals surface area (Å²) in [7, 11) is -3.77. The molecule has 0 spiro atoms. The molecule has 102 valence electrons. The van der Waals surface area contributed by atoms with Gasteiger partial charge in [0.25, 0.3) is 10.0 Å². The molecule has 0 saturated heterocycles. The molecule has 19 heavy (non-hydrogen) atoms. The Kier molecular flexibility index (Phi) is 4.29. The van der Waals surface area contributed by atoms with Crippen LogP contribution in [-0.2, 0) is 16.6 Å². The molecule has 6 nitrogen and oxygen atoms in total. The van der Waals surface area contributed by atoms with E-state index in [-0.39, 0.29) is 11.6 Å². The zero-order valence-electron chi connectivity index (χ0n) is 9.52. The Morgan fingerprint density at radius 1 is 1.32 bits per heavy atom. The van der Waals surface area contributed by atoms with Gasteiger partial charge in [0.2, 0.25) is 0 Å². The third kappa shape index (κ3) is 2.99. The molecule has 0 bridgehead atoms. The molecule has 0 saturated carbocycles. The minimum Gasteiger partial charge on any atom is -0.326 e. The number of aromatic nitrogens is 2. The topological polar surface area (TPSA) is 101 Å². The third-order valence-electron chi connectivity index (χ3n) is 2.37. The fourth-order valence-corrected chi connectivity index (χ4v) is 4.16. The molecule has 0 atom stereocenters. The van der Waals surface area contributed by atoms with Crippen LogP contribution in [0.15, 0.2) is 38.4 Å². The smallest absolute Gasteiger partial charge is 0.279 e. The Morgan fingerprint density at radius 2 is 1.95 bits per heavy atom. The Bertz CT molecular complexity index is 679. The SMILES string of the molecule is NCc1cn[nH]c1S(=O)(=O)Nc1c(Br)cccc1Br. The standard InChI is InChI=1S/C10H10Br2N4O2S/c11-7-2-1-3-8(12)9(7)16-19(17,18)10-6(4-13)5-14-15-10/h1-3,5,16H,4,13H2,(H,14,15). The highest BCUT2D eigenvalue weighted by molar-refractivity contribution is 9.11. The number of nitrogens with zero attached hydrogens (tertiary/aromatic N) is 1. The van der Waals surface area contributed by atoms with Crippen LogP contribution in [0, 0.1) is 0 Å². The molecule has 0 aliphatic carbocycles. The van der Waals surface area contributed by atoms with Crippen LogP contribution in [-0.4, -0.2) is 18.6 Å². The van der Waals surface area contributed by atoms with E-state index in [1.54, 1.807) is 18.2 Å². The highest BCUT2D eigenvalue weighted by atomic mass is 79.9. The van der Waals surface area contributed by atoms with Gasteiger partial charge in [-0.2, -0.15) is 13.5 Å². The summed E-state index contributed by atoms with van der Waals surface area (Å²) in [5, 5.41) is 6.11. The predicted molar refractivity (Wildman–Crippen MR) is 79.1 cm³/mol. The quantitative estimate of drug-likeness (QED) is 0.720. The maximum atomic E-state index is 12.3. The number of nitrogens with two attached hydrogens (primary N) is 1. The van der Waals surface area contributed by atoms with E-state index < -0.39 is 10.0 Å². The van der Waals surface area contributed by atoms with Crippen LogP contribution in [0.4, 0.5) is 5.69 Å². The number of hydrogen-bond donors (Lipinski definition) is 3. The van der Waals surface area contributed by atoms with Crippen molar-refractivity contribution in [3.05, 3.63) is 38.9 Å². The summed E-state index contributed by atoms with van der Waals surface area (Å²) in [5.74, 6) is 0. The van der Waals surface area contributed by atoms with Crippen molar-refractivity contribution >= 4 is 47.6 Å². The van der Waals surface area contributed by atoms with Gasteiger partial charge in [0.1, 0.15) is 0 Å². The second kappa shape index (κ2) is 5.61. The van der Waals surface area contributed by atoms with Crippen LogP contribution in [0.3, 0.4) is 0 Å². The molecule has 0 unspecified atom stereocenters. The summed E-state index contributed by atoms with van der Waals surface area (Å²) in [5.41, 5.74) is 6.32. The first kappa shape index (κ1) is 14.5. The summed E-state index contributed by atoms with van der Waals surface area (Å²) >= 11 is 6.58. The second-order valence-electron chi connectivity index (χ2n) is 3.63. The first-order valence-corrected chi connectivity index (χ1v) is 8.22. The van der Waals surface area contributed by atoms with Crippen molar-refractivity contribution in [2.75, 3.05) is 4.72 Å². The molecule has 1 aromatic carbocycles. The fraction of sp³-hybridized carbons (Fsp3) is 0.100. The van der Waals surface area contributed by atoms with Gasteiger partial charge >= 0.3 is 0 Å². The van der Waals surface area contributed by atoms with Gasteiger partial charge in [0, 0.05) is 21.1 Å². The van der Waals surface area contributed by atoms with Gasteiger partial charge in [0.15, 0.2) is 5.03 Å². The molecular formula is C10H10Br2N4O2S. The Balaban J connectivity index is 2.43. The van der Waals surface area contributed by atoms with Crippen LogP contribution < -0.4 is 10.5 Å². The van der Waals surface area contributed by atoms with Crippen molar-refractivity contribution in [3.63, 3.8) is 0 Å². The van der Waals surface area contributed by atoms with Gasteiger partial charge < -0.3 is 5.73 Å². The molecule has 4 N–H and O–H groups in total. The van der Waals surface area contributed by atoms with E-state index in [4.69, 9.17) is 5.73 Å². The van der Waals surface area contributed by atoms with E-state index in [2.05, 4.69) is 46.8 Å². The van der Waals surface area contributed by atoms with Gasteiger partial charge in [-0.25, -0.2) is 0 Å². The Labute approximate surface area is 127 Å². The first-order valence-electron chi connectivity index (χ1n) is 5.15. The molecule has 9 heteroatoms. The van der Waals surface area contributed by atoms with Gasteiger partial charge in [-0.15, -0.1) is 0 Å². The van der Waals surface area contributed by atoms with E-state index in [9.17, 15) is 8.42 Å². The molecule has 2 rings (SSSR count). The fourth-order valence-electron chi connectivity index (χ4n) is 1.46. The van der Waals surface area contributed by atoms with Gasteiger partial charge in [-0.1, -0.05) is 6.07 Å². The van der Waals surface area contributed by atoms with E-state index in [0.717, 1.165) is 0 Å². The Hall–Kier alpha value is -0.900. The lowest BCUT2D eigenvalue weighted by Crippen LogP contribution is -2.16. The number of benzene rings is 1. The molecule has 2 aromatic rings.